The molecule has 0 aromatic carbocycles. The van der Waals surface area contributed by atoms with Crippen molar-refractivity contribution in [3.8, 4) is 0 Å². The minimum absolute atomic E-state index is 0.0510. The van der Waals surface area contributed by atoms with Crippen LogP contribution in [0.5, 0.6) is 0 Å². The van der Waals surface area contributed by atoms with Crippen LogP contribution in [0.2, 0.25) is 0 Å². The molecule has 0 bridgehead atoms. The second-order valence-corrected chi connectivity index (χ2v) is 2.60. The summed E-state index contributed by atoms with van der Waals surface area (Å²) in [7, 11) is 0. The number of hydrogen-bond acceptors (Lipinski definition) is 5. The molecule has 6 nitrogen and oxygen atoms in total. The summed E-state index contributed by atoms with van der Waals surface area (Å²) in [5.41, 5.74) is 6.76. The summed E-state index contributed by atoms with van der Waals surface area (Å²) in [5, 5.41) is 8.74. The third-order valence-electron chi connectivity index (χ3n) is 1.72. The summed E-state index contributed by atoms with van der Waals surface area (Å²) >= 11 is 0. The number of anilines is 1. The van der Waals surface area contributed by atoms with E-state index in [0.717, 1.165) is 0 Å². The lowest BCUT2D eigenvalue weighted by molar-refractivity contribution is 0.277. The minimum Gasteiger partial charge on any atom is -0.395 e. The van der Waals surface area contributed by atoms with Gasteiger partial charge in [-0.15, -0.1) is 0 Å². The van der Waals surface area contributed by atoms with Crippen LogP contribution in [-0.4, -0.2) is 31.2 Å². The predicted octanol–water partition coefficient (Wildman–Crippen LogP) is 0.427. The van der Waals surface area contributed by atoms with Crippen LogP contribution in [-0.2, 0) is 6.54 Å². The van der Waals surface area contributed by atoms with Gasteiger partial charge < -0.3 is 15.4 Å². The molecule has 0 aliphatic rings. The molecule has 2 aromatic heterocycles. The fourth-order valence-corrected chi connectivity index (χ4v) is 1.14. The number of aliphatic hydroxyl groups is 1. The van der Waals surface area contributed by atoms with Crippen LogP contribution in [0.15, 0.2) is 12.5 Å². The number of nitrogens with zero attached hydrogens (tertiary/aromatic N) is 4. The number of nitrogen functional groups attached to an aromatic ring is 1. The van der Waals surface area contributed by atoms with Crippen LogP contribution >= 0.6 is 0 Å². The van der Waals surface area contributed by atoms with Crippen LogP contribution < -0.4 is 5.73 Å². The van der Waals surface area contributed by atoms with Crippen LogP contribution in [0, 0.1) is 0 Å². The molecule has 15 heavy (non-hydrogen) atoms. The Bertz CT molecular complexity index is 425. The Labute approximate surface area is 87.8 Å². The Hall–Kier alpha value is -1.69. The number of nitrogens with two attached hydrogens (primary N) is 1. The second kappa shape index (κ2) is 5.26. The summed E-state index contributed by atoms with van der Waals surface area (Å²) in [6, 6.07) is 0. The number of imidazole rings is 1. The Morgan fingerprint density at radius 1 is 1.40 bits per heavy atom. The first-order chi connectivity index (χ1) is 7.31. The van der Waals surface area contributed by atoms with Crippen molar-refractivity contribution in [3.63, 3.8) is 0 Å². The summed E-state index contributed by atoms with van der Waals surface area (Å²) < 4.78 is 1.73. The zero-order valence-corrected chi connectivity index (χ0v) is 8.88. The van der Waals surface area contributed by atoms with E-state index >= 15 is 0 Å². The molecule has 0 aliphatic heterocycles. The molecule has 0 aliphatic carbocycles. The maximum Gasteiger partial charge on any atom is 0.222 e. The number of fused-ring (bicyclic) bond motifs is 1. The van der Waals surface area contributed by atoms with Crippen molar-refractivity contribution < 1.29 is 5.11 Å². The van der Waals surface area contributed by atoms with Crippen molar-refractivity contribution in [2.45, 2.75) is 20.4 Å². The fourth-order valence-electron chi connectivity index (χ4n) is 1.14. The van der Waals surface area contributed by atoms with Crippen LogP contribution in [0.25, 0.3) is 11.2 Å². The normalized spacial score (nSPS) is 9.80. The third-order valence-corrected chi connectivity index (χ3v) is 1.72. The maximum atomic E-state index is 8.74. The van der Waals surface area contributed by atoms with E-state index in [1.807, 2.05) is 13.8 Å². The molecule has 0 amide bonds. The van der Waals surface area contributed by atoms with Gasteiger partial charge in [-0.05, 0) is 0 Å². The van der Waals surface area contributed by atoms with E-state index in [2.05, 4.69) is 15.0 Å². The van der Waals surface area contributed by atoms with Crippen molar-refractivity contribution in [2.24, 2.45) is 0 Å². The lowest BCUT2D eigenvalue weighted by Crippen LogP contribution is -2.03. The predicted molar refractivity (Wildman–Crippen MR) is 58.2 cm³/mol. The maximum absolute atomic E-state index is 8.74. The summed E-state index contributed by atoms with van der Waals surface area (Å²) in [6.07, 6.45) is 3.17. The van der Waals surface area contributed by atoms with Crippen LogP contribution in [0.1, 0.15) is 13.8 Å². The third kappa shape index (κ3) is 2.41. The minimum atomic E-state index is 0.0510. The lowest BCUT2D eigenvalue weighted by Gasteiger charge is -1.99. The van der Waals surface area contributed by atoms with Gasteiger partial charge in [-0.3, -0.25) is 0 Å². The van der Waals surface area contributed by atoms with E-state index < -0.39 is 0 Å². The largest absolute Gasteiger partial charge is 0.395 e. The quantitative estimate of drug-likeness (QED) is 0.748. The molecule has 2 aromatic rings. The SMILES string of the molecule is CC.Nc1ncc2ncn(CCO)c2n1. The molecule has 6 heteroatoms. The van der Waals surface area contributed by atoms with Gasteiger partial charge in [0, 0.05) is 6.54 Å². The van der Waals surface area contributed by atoms with Crippen molar-refractivity contribution in [3.05, 3.63) is 12.5 Å². The van der Waals surface area contributed by atoms with E-state index in [0.29, 0.717) is 17.7 Å². The highest BCUT2D eigenvalue weighted by Crippen LogP contribution is 2.08. The number of hydrogen-bond donors (Lipinski definition) is 2. The molecule has 0 fully saturated rings. The summed E-state index contributed by atoms with van der Waals surface area (Å²) in [5.74, 6) is 0.215. The van der Waals surface area contributed by atoms with Gasteiger partial charge in [0.2, 0.25) is 5.95 Å². The van der Waals surface area contributed by atoms with Crippen molar-refractivity contribution in [1.82, 2.24) is 19.5 Å². The molecule has 3 N–H and O–H groups in total. The average molecular weight is 209 g/mol. The molecule has 0 atom stereocenters. The van der Waals surface area contributed by atoms with Crippen LogP contribution in [0.3, 0.4) is 0 Å². The molecule has 0 unspecified atom stereocenters. The highest BCUT2D eigenvalue weighted by atomic mass is 16.3. The highest BCUT2D eigenvalue weighted by Gasteiger charge is 2.03. The van der Waals surface area contributed by atoms with Gasteiger partial charge in [-0.25, -0.2) is 9.97 Å². The van der Waals surface area contributed by atoms with Gasteiger partial charge >= 0.3 is 0 Å². The monoisotopic (exact) mass is 209 g/mol. The van der Waals surface area contributed by atoms with Gasteiger partial charge in [0.1, 0.15) is 5.52 Å². The van der Waals surface area contributed by atoms with E-state index in [1.54, 1.807) is 17.1 Å². The van der Waals surface area contributed by atoms with Crippen molar-refractivity contribution in [2.75, 3.05) is 12.3 Å². The molecule has 2 rings (SSSR count). The second-order valence-electron chi connectivity index (χ2n) is 2.60. The first-order valence-corrected chi connectivity index (χ1v) is 4.85. The first kappa shape index (κ1) is 11.4. The zero-order valence-electron chi connectivity index (χ0n) is 8.88. The molecule has 0 spiro atoms. The van der Waals surface area contributed by atoms with E-state index in [-0.39, 0.29) is 12.6 Å². The van der Waals surface area contributed by atoms with E-state index in [4.69, 9.17) is 10.8 Å². The molecular weight excluding hydrogens is 194 g/mol. The van der Waals surface area contributed by atoms with Gasteiger partial charge in [-0.1, -0.05) is 13.8 Å². The van der Waals surface area contributed by atoms with E-state index in [1.165, 1.54) is 0 Å². The van der Waals surface area contributed by atoms with E-state index in [9.17, 15) is 0 Å². The topological polar surface area (TPSA) is 89.8 Å². The van der Waals surface area contributed by atoms with Gasteiger partial charge in [0.05, 0.1) is 19.1 Å². The number of aromatic nitrogens is 4. The number of rotatable bonds is 2. The molecule has 82 valence electrons. The summed E-state index contributed by atoms with van der Waals surface area (Å²) in [6.45, 7) is 4.52. The molecule has 0 saturated carbocycles. The first-order valence-electron chi connectivity index (χ1n) is 4.85. The molecule has 0 saturated heterocycles. The fraction of sp³-hybridized carbons (Fsp3) is 0.444. The zero-order chi connectivity index (χ0) is 11.3. The highest BCUT2D eigenvalue weighted by molar-refractivity contribution is 5.70. The van der Waals surface area contributed by atoms with Gasteiger partial charge in [-0.2, -0.15) is 4.98 Å². The van der Waals surface area contributed by atoms with Gasteiger partial charge in [0.25, 0.3) is 0 Å². The Morgan fingerprint density at radius 2 is 2.13 bits per heavy atom. The average Bonchev–Trinajstić information content (AvgIpc) is 2.65. The standard InChI is InChI=1S/C7H9N5O.C2H6/c8-7-9-3-5-6(11-7)12(1-2-13)4-10-5;1-2/h3-4,13H,1-2H2,(H2,8,9,11);1-2H3. The Kier molecular flexibility index (Phi) is 3.99. The molecule has 0 radical (unpaired) electrons. The van der Waals surface area contributed by atoms with Gasteiger partial charge in [0.15, 0.2) is 5.65 Å². The van der Waals surface area contributed by atoms with Crippen LogP contribution in [0.4, 0.5) is 5.95 Å². The molecule has 2 heterocycles. The Morgan fingerprint density at radius 3 is 2.80 bits per heavy atom. The van der Waals surface area contributed by atoms with Crippen molar-refractivity contribution >= 4 is 17.1 Å². The lowest BCUT2D eigenvalue weighted by atomic mass is 10.5. The Balaban J connectivity index is 0.000000531. The molecular formula is C9H15N5O. The van der Waals surface area contributed by atoms with Crippen molar-refractivity contribution in [1.29, 1.82) is 0 Å². The smallest absolute Gasteiger partial charge is 0.222 e. The number of aliphatic hydroxyl groups excluding tert-OH is 1. The summed E-state index contributed by atoms with van der Waals surface area (Å²) in [4.78, 5) is 11.9.